The molecule has 0 N–H and O–H groups in total. The summed E-state index contributed by atoms with van der Waals surface area (Å²) in [6.07, 6.45) is 1.41. The molecule has 2 rings (SSSR count). The summed E-state index contributed by atoms with van der Waals surface area (Å²) in [4.78, 5) is 12.2. The van der Waals surface area contributed by atoms with Crippen molar-refractivity contribution < 1.29 is 9.21 Å². The number of halogens is 2. The molecular formula is C13H7Br2NO2. The predicted molar refractivity (Wildman–Crippen MR) is 73.2 cm³/mol. The van der Waals surface area contributed by atoms with Crippen molar-refractivity contribution in [2.45, 2.75) is 5.92 Å². The van der Waals surface area contributed by atoms with E-state index in [1.807, 2.05) is 12.1 Å². The molecule has 0 saturated heterocycles. The lowest BCUT2D eigenvalue weighted by atomic mass is 9.93. The molecular weight excluding hydrogens is 362 g/mol. The van der Waals surface area contributed by atoms with E-state index in [0.29, 0.717) is 15.8 Å². The molecule has 0 aliphatic rings. The standard InChI is InChI=1S/C13H7Br2NO2/c14-9-3-1-2-8(6-9)11(7-16)12(17)10-4-5-18-13(10)15/h1-6,11H. The zero-order valence-corrected chi connectivity index (χ0v) is 12.2. The highest BCUT2D eigenvalue weighted by atomic mass is 79.9. The van der Waals surface area contributed by atoms with Gasteiger partial charge in [0.25, 0.3) is 0 Å². The Labute approximate surface area is 121 Å². The molecule has 0 amide bonds. The summed E-state index contributed by atoms with van der Waals surface area (Å²) < 4.78 is 6.20. The Kier molecular flexibility index (Phi) is 4.00. The van der Waals surface area contributed by atoms with Crippen LogP contribution in [0.2, 0.25) is 0 Å². The van der Waals surface area contributed by atoms with Gasteiger partial charge in [-0.2, -0.15) is 5.26 Å². The van der Waals surface area contributed by atoms with Crippen LogP contribution >= 0.6 is 31.9 Å². The topological polar surface area (TPSA) is 54.0 Å². The number of Topliss-reactive ketones (excluding diaryl/α,β-unsaturated/α-hetero) is 1. The summed E-state index contributed by atoms with van der Waals surface area (Å²) in [7, 11) is 0. The molecule has 2 aromatic rings. The Hall–Kier alpha value is -1.38. The summed E-state index contributed by atoms with van der Waals surface area (Å²) in [6.45, 7) is 0. The van der Waals surface area contributed by atoms with E-state index in [4.69, 9.17) is 4.42 Å². The van der Waals surface area contributed by atoms with Gasteiger partial charge in [-0.05, 0) is 39.7 Å². The van der Waals surface area contributed by atoms with Crippen molar-refractivity contribution in [2.75, 3.05) is 0 Å². The maximum atomic E-state index is 12.2. The van der Waals surface area contributed by atoms with E-state index in [2.05, 4.69) is 31.9 Å². The van der Waals surface area contributed by atoms with Crippen molar-refractivity contribution in [1.82, 2.24) is 0 Å². The second-order valence-corrected chi connectivity index (χ2v) is 5.23. The van der Waals surface area contributed by atoms with Gasteiger partial charge in [0.1, 0.15) is 5.92 Å². The number of carbonyl (C=O) groups excluding carboxylic acids is 1. The summed E-state index contributed by atoms with van der Waals surface area (Å²) >= 11 is 6.47. The van der Waals surface area contributed by atoms with Crippen LogP contribution in [0.4, 0.5) is 0 Å². The summed E-state index contributed by atoms with van der Waals surface area (Å²) in [6, 6.07) is 10.7. The number of carbonyl (C=O) groups is 1. The molecule has 0 spiro atoms. The highest BCUT2D eigenvalue weighted by Gasteiger charge is 2.25. The molecule has 0 bridgehead atoms. The second-order valence-electron chi connectivity index (χ2n) is 3.59. The zero-order chi connectivity index (χ0) is 13.1. The number of hydrogen-bond acceptors (Lipinski definition) is 3. The van der Waals surface area contributed by atoms with E-state index >= 15 is 0 Å². The number of rotatable bonds is 3. The van der Waals surface area contributed by atoms with Gasteiger partial charge in [-0.1, -0.05) is 28.1 Å². The van der Waals surface area contributed by atoms with Gasteiger partial charge in [0, 0.05) is 4.47 Å². The van der Waals surface area contributed by atoms with Crippen LogP contribution in [0, 0.1) is 11.3 Å². The van der Waals surface area contributed by atoms with Crippen molar-refractivity contribution in [3.8, 4) is 6.07 Å². The van der Waals surface area contributed by atoms with Crippen LogP contribution in [-0.4, -0.2) is 5.78 Å². The van der Waals surface area contributed by atoms with E-state index in [9.17, 15) is 10.1 Å². The fraction of sp³-hybridized carbons (Fsp3) is 0.0769. The molecule has 1 heterocycles. The van der Waals surface area contributed by atoms with Gasteiger partial charge in [-0.3, -0.25) is 4.79 Å². The highest BCUT2D eigenvalue weighted by Crippen LogP contribution is 2.27. The zero-order valence-electron chi connectivity index (χ0n) is 9.06. The lowest BCUT2D eigenvalue weighted by Gasteiger charge is -2.07. The average molecular weight is 369 g/mol. The Balaban J connectivity index is 2.39. The lowest BCUT2D eigenvalue weighted by molar-refractivity contribution is 0.0977. The minimum absolute atomic E-state index is 0.281. The smallest absolute Gasteiger partial charge is 0.188 e. The molecule has 0 aliphatic carbocycles. The van der Waals surface area contributed by atoms with Crippen LogP contribution in [0.1, 0.15) is 21.8 Å². The molecule has 0 saturated carbocycles. The number of benzene rings is 1. The first-order chi connectivity index (χ1) is 8.63. The Morgan fingerprint density at radius 2 is 2.11 bits per heavy atom. The fourth-order valence-corrected chi connectivity index (χ4v) is 2.45. The molecule has 3 nitrogen and oxygen atoms in total. The molecule has 1 atom stereocenters. The summed E-state index contributed by atoms with van der Waals surface area (Å²) in [5.41, 5.74) is 1.03. The lowest BCUT2D eigenvalue weighted by Crippen LogP contribution is -2.11. The minimum atomic E-state index is -0.837. The molecule has 1 aromatic carbocycles. The van der Waals surface area contributed by atoms with E-state index < -0.39 is 5.92 Å². The van der Waals surface area contributed by atoms with Gasteiger partial charge in [0.15, 0.2) is 10.5 Å². The number of hydrogen-bond donors (Lipinski definition) is 0. The molecule has 0 radical (unpaired) electrons. The molecule has 0 fully saturated rings. The van der Waals surface area contributed by atoms with E-state index in [1.165, 1.54) is 6.26 Å². The van der Waals surface area contributed by atoms with E-state index in [1.54, 1.807) is 24.3 Å². The number of ketones is 1. The maximum absolute atomic E-state index is 12.2. The largest absolute Gasteiger partial charge is 0.457 e. The molecule has 1 unspecified atom stereocenters. The minimum Gasteiger partial charge on any atom is -0.457 e. The SMILES string of the molecule is N#CC(C(=O)c1ccoc1Br)c1cccc(Br)c1. The monoisotopic (exact) mass is 367 g/mol. The molecule has 90 valence electrons. The van der Waals surface area contributed by atoms with Gasteiger partial charge in [0.2, 0.25) is 0 Å². The molecule has 18 heavy (non-hydrogen) atoms. The van der Waals surface area contributed by atoms with Crippen LogP contribution in [0.15, 0.2) is 50.2 Å². The van der Waals surface area contributed by atoms with Crippen molar-refractivity contribution in [1.29, 1.82) is 5.26 Å². The second kappa shape index (κ2) is 5.51. The molecule has 5 heteroatoms. The first kappa shape index (κ1) is 13.1. The quantitative estimate of drug-likeness (QED) is 0.759. The van der Waals surface area contributed by atoms with Crippen molar-refractivity contribution >= 4 is 37.6 Å². The maximum Gasteiger partial charge on any atom is 0.188 e. The van der Waals surface area contributed by atoms with Crippen LogP contribution in [0.5, 0.6) is 0 Å². The Morgan fingerprint density at radius 3 is 2.67 bits per heavy atom. The van der Waals surface area contributed by atoms with Gasteiger partial charge < -0.3 is 4.42 Å². The van der Waals surface area contributed by atoms with Gasteiger partial charge >= 0.3 is 0 Å². The number of nitriles is 1. The third kappa shape index (κ3) is 2.55. The normalized spacial score (nSPS) is 11.8. The third-order valence-electron chi connectivity index (χ3n) is 2.46. The van der Waals surface area contributed by atoms with Crippen molar-refractivity contribution in [3.63, 3.8) is 0 Å². The predicted octanol–water partition coefficient (Wildman–Crippen LogP) is 4.29. The van der Waals surface area contributed by atoms with Gasteiger partial charge in [0.05, 0.1) is 17.9 Å². The first-order valence-corrected chi connectivity index (χ1v) is 6.64. The Bertz CT molecular complexity index is 628. The number of nitrogens with zero attached hydrogens (tertiary/aromatic N) is 1. The molecule has 1 aromatic heterocycles. The third-order valence-corrected chi connectivity index (χ3v) is 3.56. The van der Waals surface area contributed by atoms with Gasteiger partial charge in [-0.25, -0.2) is 0 Å². The Morgan fingerprint density at radius 1 is 1.33 bits per heavy atom. The highest BCUT2D eigenvalue weighted by molar-refractivity contribution is 9.10. The van der Waals surface area contributed by atoms with Crippen LogP contribution in [0.3, 0.4) is 0 Å². The summed E-state index contributed by atoms with van der Waals surface area (Å²) in [5.74, 6) is -1.12. The van der Waals surface area contributed by atoms with Crippen LogP contribution in [-0.2, 0) is 0 Å². The van der Waals surface area contributed by atoms with E-state index in [0.717, 1.165) is 4.47 Å². The average Bonchev–Trinajstić information content (AvgIpc) is 2.76. The van der Waals surface area contributed by atoms with Crippen LogP contribution < -0.4 is 0 Å². The van der Waals surface area contributed by atoms with Gasteiger partial charge in [-0.15, -0.1) is 0 Å². The van der Waals surface area contributed by atoms with Crippen molar-refractivity contribution in [3.05, 3.63) is 56.9 Å². The first-order valence-electron chi connectivity index (χ1n) is 5.05. The summed E-state index contributed by atoms with van der Waals surface area (Å²) in [5, 5.41) is 9.20. The van der Waals surface area contributed by atoms with E-state index in [-0.39, 0.29) is 5.78 Å². The van der Waals surface area contributed by atoms with Crippen molar-refractivity contribution in [2.24, 2.45) is 0 Å². The number of furan rings is 1. The van der Waals surface area contributed by atoms with Crippen LogP contribution in [0.25, 0.3) is 0 Å². The fourth-order valence-electron chi connectivity index (χ4n) is 1.60. The molecule has 0 aliphatic heterocycles.